The van der Waals surface area contributed by atoms with E-state index in [0.717, 1.165) is 19.3 Å². The molecule has 0 bridgehead atoms. The minimum Gasteiger partial charge on any atom is -0.450 e. The van der Waals surface area contributed by atoms with Crippen LogP contribution in [0.1, 0.15) is 45.2 Å². The SMILES string of the molecule is C[C@H](OC(=O)c1cnc2sccn2c1=O)C(=O)c1ccc2c(c1)CCC2. The van der Waals surface area contributed by atoms with Crippen LogP contribution in [0.2, 0.25) is 0 Å². The van der Waals surface area contributed by atoms with Crippen LogP contribution in [0, 0.1) is 0 Å². The van der Waals surface area contributed by atoms with Crippen molar-refractivity contribution in [3.63, 3.8) is 0 Å². The number of nitrogens with zero attached hydrogens (tertiary/aromatic N) is 2. The van der Waals surface area contributed by atoms with Gasteiger partial charge >= 0.3 is 5.97 Å². The molecule has 0 unspecified atom stereocenters. The molecule has 2 aromatic heterocycles. The first-order valence-corrected chi connectivity index (χ1v) is 9.24. The maximum atomic E-state index is 12.6. The molecule has 0 fully saturated rings. The lowest BCUT2D eigenvalue weighted by molar-refractivity contribution is 0.0316. The molecule has 0 radical (unpaired) electrons. The topological polar surface area (TPSA) is 77.7 Å². The molecule has 0 N–H and O–H groups in total. The van der Waals surface area contributed by atoms with E-state index in [9.17, 15) is 14.4 Å². The predicted molar refractivity (Wildman–Crippen MR) is 97.0 cm³/mol. The Bertz CT molecular complexity index is 1080. The van der Waals surface area contributed by atoms with Crippen molar-refractivity contribution >= 4 is 28.1 Å². The summed E-state index contributed by atoms with van der Waals surface area (Å²) in [6.45, 7) is 1.52. The van der Waals surface area contributed by atoms with Gasteiger partial charge in [0.05, 0.1) is 6.20 Å². The fourth-order valence-electron chi connectivity index (χ4n) is 3.20. The van der Waals surface area contributed by atoms with Gasteiger partial charge in [0.15, 0.2) is 11.1 Å². The monoisotopic (exact) mass is 368 g/mol. The molecule has 0 amide bonds. The van der Waals surface area contributed by atoms with Crippen molar-refractivity contribution in [2.75, 3.05) is 0 Å². The van der Waals surface area contributed by atoms with Crippen LogP contribution in [-0.2, 0) is 17.6 Å². The van der Waals surface area contributed by atoms with E-state index in [4.69, 9.17) is 4.74 Å². The molecule has 4 rings (SSSR count). The Morgan fingerprint density at radius 3 is 2.92 bits per heavy atom. The molecule has 0 aliphatic heterocycles. The second kappa shape index (κ2) is 6.49. The lowest BCUT2D eigenvalue weighted by Gasteiger charge is -2.13. The van der Waals surface area contributed by atoms with E-state index in [-0.39, 0.29) is 11.3 Å². The highest BCUT2D eigenvalue weighted by atomic mass is 32.1. The second-order valence-corrected chi connectivity index (χ2v) is 7.15. The Morgan fingerprint density at radius 2 is 2.08 bits per heavy atom. The zero-order valence-corrected chi connectivity index (χ0v) is 14.9. The summed E-state index contributed by atoms with van der Waals surface area (Å²) in [5.74, 6) is -1.12. The molecule has 1 aliphatic rings. The van der Waals surface area contributed by atoms with Gasteiger partial charge < -0.3 is 4.74 Å². The van der Waals surface area contributed by atoms with Gasteiger partial charge in [-0.15, -0.1) is 11.3 Å². The van der Waals surface area contributed by atoms with Crippen molar-refractivity contribution in [2.45, 2.75) is 32.3 Å². The van der Waals surface area contributed by atoms with Crippen molar-refractivity contribution in [1.82, 2.24) is 9.38 Å². The lowest BCUT2D eigenvalue weighted by Crippen LogP contribution is -2.29. The molecule has 0 spiro atoms. The summed E-state index contributed by atoms with van der Waals surface area (Å²) in [5, 5.41) is 1.71. The number of ketones is 1. The average molecular weight is 368 g/mol. The zero-order chi connectivity index (χ0) is 18.3. The number of aromatic nitrogens is 2. The molecular formula is C19H16N2O4S. The highest BCUT2D eigenvalue weighted by Gasteiger charge is 2.24. The molecular weight excluding hydrogens is 352 g/mol. The molecule has 1 aromatic carbocycles. The van der Waals surface area contributed by atoms with Crippen LogP contribution in [0.5, 0.6) is 0 Å². The largest absolute Gasteiger partial charge is 0.450 e. The Balaban J connectivity index is 1.54. The van der Waals surface area contributed by atoms with Gasteiger partial charge in [0.2, 0.25) is 5.78 Å². The van der Waals surface area contributed by atoms with Crippen LogP contribution in [0.3, 0.4) is 0 Å². The third-order valence-corrected chi connectivity index (χ3v) is 5.37. The van der Waals surface area contributed by atoms with E-state index in [1.165, 1.54) is 40.0 Å². The molecule has 1 atom stereocenters. The number of carbonyl (C=O) groups excluding carboxylic acids is 2. The second-order valence-electron chi connectivity index (χ2n) is 6.28. The van der Waals surface area contributed by atoms with Gasteiger partial charge in [-0.2, -0.15) is 0 Å². The number of ether oxygens (including phenoxy) is 1. The number of rotatable bonds is 4. The first-order valence-electron chi connectivity index (χ1n) is 8.36. The van der Waals surface area contributed by atoms with Gasteiger partial charge in [-0.05, 0) is 43.4 Å². The van der Waals surface area contributed by atoms with Gasteiger partial charge in [0.25, 0.3) is 5.56 Å². The van der Waals surface area contributed by atoms with Crippen LogP contribution in [0.15, 0.2) is 40.8 Å². The van der Waals surface area contributed by atoms with E-state index in [1.807, 2.05) is 12.1 Å². The third kappa shape index (κ3) is 2.84. The van der Waals surface area contributed by atoms with Crippen LogP contribution < -0.4 is 5.56 Å². The molecule has 2 heterocycles. The van der Waals surface area contributed by atoms with Gasteiger partial charge in [0, 0.05) is 17.1 Å². The molecule has 7 heteroatoms. The number of hydrogen-bond acceptors (Lipinski definition) is 6. The number of hydrogen-bond donors (Lipinski definition) is 0. The molecule has 3 aromatic rings. The Kier molecular flexibility index (Phi) is 4.16. The predicted octanol–water partition coefficient (Wildman–Crippen LogP) is 2.67. The summed E-state index contributed by atoms with van der Waals surface area (Å²) in [5.41, 5.74) is 2.29. The highest BCUT2D eigenvalue weighted by molar-refractivity contribution is 7.15. The van der Waals surface area contributed by atoms with E-state index in [1.54, 1.807) is 17.6 Å². The van der Waals surface area contributed by atoms with Crippen molar-refractivity contribution in [1.29, 1.82) is 0 Å². The van der Waals surface area contributed by atoms with Crippen LogP contribution in [-0.4, -0.2) is 27.2 Å². The lowest BCUT2D eigenvalue weighted by atomic mass is 10.0. The van der Waals surface area contributed by atoms with E-state index < -0.39 is 17.6 Å². The van der Waals surface area contributed by atoms with Crippen molar-refractivity contribution in [3.05, 3.63) is 68.6 Å². The Labute approximate surface area is 153 Å². The molecule has 26 heavy (non-hydrogen) atoms. The third-order valence-electron chi connectivity index (χ3n) is 4.60. The van der Waals surface area contributed by atoms with Crippen molar-refractivity contribution in [3.8, 4) is 0 Å². The highest BCUT2D eigenvalue weighted by Crippen LogP contribution is 2.23. The fourth-order valence-corrected chi connectivity index (χ4v) is 3.88. The van der Waals surface area contributed by atoms with Crippen molar-refractivity contribution in [2.24, 2.45) is 0 Å². The Hall–Kier alpha value is -2.80. The summed E-state index contributed by atoms with van der Waals surface area (Å²) in [6, 6.07) is 5.61. The summed E-state index contributed by atoms with van der Waals surface area (Å²) >= 11 is 1.29. The number of Topliss-reactive ketones (excluding diaryl/α,β-unsaturated/α-hetero) is 1. The maximum absolute atomic E-state index is 12.6. The van der Waals surface area contributed by atoms with Crippen molar-refractivity contribution < 1.29 is 14.3 Å². The quantitative estimate of drug-likeness (QED) is 0.523. The molecule has 6 nitrogen and oxygen atoms in total. The maximum Gasteiger partial charge on any atom is 0.346 e. The average Bonchev–Trinajstić information content (AvgIpc) is 3.29. The first-order chi connectivity index (χ1) is 12.5. The van der Waals surface area contributed by atoms with Gasteiger partial charge in [0.1, 0.15) is 5.56 Å². The number of carbonyl (C=O) groups is 2. The standard InChI is InChI=1S/C19H16N2O4S/c1-11(16(22)14-6-5-12-3-2-4-13(12)9-14)25-18(24)15-10-20-19-21(17(15)23)7-8-26-19/h5-11H,2-4H2,1H3/t11-/m0/s1. The fraction of sp³-hybridized carbons (Fsp3) is 0.263. The number of aryl methyl sites for hydroxylation is 2. The summed E-state index contributed by atoms with van der Waals surface area (Å²) < 4.78 is 6.53. The van der Waals surface area contributed by atoms with Gasteiger partial charge in [-0.1, -0.05) is 12.1 Å². The van der Waals surface area contributed by atoms with E-state index in [2.05, 4.69) is 4.98 Å². The van der Waals surface area contributed by atoms with Crippen LogP contribution in [0.4, 0.5) is 0 Å². The summed E-state index contributed by atoms with van der Waals surface area (Å²) in [7, 11) is 0. The van der Waals surface area contributed by atoms with Gasteiger partial charge in [-0.3, -0.25) is 14.0 Å². The smallest absolute Gasteiger partial charge is 0.346 e. The molecule has 132 valence electrons. The number of fused-ring (bicyclic) bond motifs is 2. The first kappa shape index (κ1) is 16.7. The zero-order valence-electron chi connectivity index (χ0n) is 14.1. The molecule has 1 aliphatic carbocycles. The number of thiazole rings is 1. The summed E-state index contributed by atoms with van der Waals surface area (Å²) in [6.07, 6.45) is 4.86. The minimum atomic E-state index is -0.982. The molecule has 0 saturated heterocycles. The summed E-state index contributed by atoms with van der Waals surface area (Å²) in [4.78, 5) is 41.8. The minimum absolute atomic E-state index is 0.186. The van der Waals surface area contributed by atoms with Crippen LogP contribution >= 0.6 is 11.3 Å². The molecule has 0 saturated carbocycles. The Morgan fingerprint density at radius 1 is 1.27 bits per heavy atom. The van der Waals surface area contributed by atoms with Crippen LogP contribution in [0.25, 0.3) is 4.96 Å². The normalized spacial score (nSPS) is 14.2. The number of esters is 1. The number of benzene rings is 1. The van der Waals surface area contributed by atoms with E-state index in [0.29, 0.717) is 10.5 Å². The van der Waals surface area contributed by atoms with E-state index >= 15 is 0 Å². The van der Waals surface area contributed by atoms with Gasteiger partial charge in [-0.25, -0.2) is 9.78 Å².